The van der Waals surface area contributed by atoms with Crippen molar-refractivity contribution in [3.8, 4) is 0 Å². The Morgan fingerprint density at radius 1 is 1.26 bits per heavy atom. The highest BCUT2D eigenvalue weighted by Gasteiger charge is 2.26. The summed E-state index contributed by atoms with van der Waals surface area (Å²) in [4.78, 5) is 50.3. The molecule has 1 unspecified atom stereocenters. The van der Waals surface area contributed by atoms with Gasteiger partial charge >= 0.3 is 5.69 Å². The molecule has 0 saturated heterocycles. The molecule has 0 aliphatic heterocycles. The minimum absolute atomic E-state index is 0.165. The van der Waals surface area contributed by atoms with Crippen LogP contribution in [0.5, 0.6) is 0 Å². The van der Waals surface area contributed by atoms with E-state index >= 15 is 0 Å². The van der Waals surface area contributed by atoms with Gasteiger partial charge in [-0.1, -0.05) is 6.08 Å². The minimum Gasteiger partial charge on any atom is -0.346 e. The first kappa shape index (κ1) is 13.0. The monoisotopic (exact) mass is 263 g/mol. The summed E-state index contributed by atoms with van der Waals surface area (Å²) in [7, 11) is 0. The number of nitrogens with one attached hydrogen (secondary N) is 3. The van der Waals surface area contributed by atoms with Crippen LogP contribution >= 0.6 is 0 Å². The van der Waals surface area contributed by atoms with Crippen molar-refractivity contribution in [2.75, 3.05) is 0 Å². The second-order valence-corrected chi connectivity index (χ2v) is 4.40. The third kappa shape index (κ3) is 2.54. The number of aromatic amines is 2. The molecule has 7 nitrogen and oxygen atoms in total. The van der Waals surface area contributed by atoms with Crippen molar-refractivity contribution in [1.82, 2.24) is 15.3 Å². The van der Waals surface area contributed by atoms with Crippen molar-refractivity contribution in [2.24, 2.45) is 0 Å². The standard InChI is InChI=1S/C12H13N3O4/c1-5(16)7-3-8(13-6(2)17)10-9(4-7)14-12(19)15-11(10)18/h3,8H,4H2,1-2H3,(H,13,17)(H2,14,15,18,19). The van der Waals surface area contributed by atoms with E-state index in [0.29, 0.717) is 11.3 Å². The number of hydrogen-bond acceptors (Lipinski definition) is 4. The summed E-state index contributed by atoms with van der Waals surface area (Å²) < 4.78 is 0. The van der Waals surface area contributed by atoms with Gasteiger partial charge in [-0.15, -0.1) is 0 Å². The fourth-order valence-electron chi connectivity index (χ4n) is 2.12. The topological polar surface area (TPSA) is 112 Å². The molecule has 0 spiro atoms. The number of hydrogen-bond donors (Lipinski definition) is 3. The van der Waals surface area contributed by atoms with Crippen LogP contribution in [0.3, 0.4) is 0 Å². The largest absolute Gasteiger partial charge is 0.346 e. The molecule has 0 bridgehead atoms. The maximum atomic E-state index is 11.8. The predicted molar refractivity (Wildman–Crippen MR) is 66.7 cm³/mol. The Morgan fingerprint density at radius 3 is 2.53 bits per heavy atom. The minimum atomic E-state index is -0.708. The molecule has 7 heteroatoms. The average Bonchev–Trinajstić information content (AvgIpc) is 2.26. The number of rotatable bonds is 2. The molecule has 3 N–H and O–H groups in total. The lowest BCUT2D eigenvalue weighted by Gasteiger charge is -2.22. The van der Waals surface area contributed by atoms with Crippen molar-refractivity contribution in [3.63, 3.8) is 0 Å². The van der Waals surface area contributed by atoms with E-state index in [-0.39, 0.29) is 23.7 Å². The van der Waals surface area contributed by atoms with Gasteiger partial charge < -0.3 is 10.3 Å². The molecule has 19 heavy (non-hydrogen) atoms. The summed E-state index contributed by atoms with van der Waals surface area (Å²) in [6, 6.07) is -0.708. The summed E-state index contributed by atoms with van der Waals surface area (Å²) in [5.41, 5.74) is -0.112. The zero-order chi connectivity index (χ0) is 14.2. The Kier molecular flexibility index (Phi) is 3.20. The molecule has 1 atom stereocenters. The number of allylic oxidation sites excluding steroid dienone is 1. The zero-order valence-corrected chi connectivity index (χ0v) is 10.5. The smallest absolute Gasteiger partial charge is 0.325 e. The Labute approximate surface area is 107 Å². The molecule has 2 rings (SSSR count). The van der Waals surface area contributed by atoms with Gasteiger partial charge in [0.05, 0.1) is 11.6 Å². The van der Waals surface area contributed by atoms with E-state index in [9.17, 15) is 19.2 Å². The van der Waals surface area contributed by atoms with Gasteiger partial charge in [0.15, 0.2) is 5.78 Å². The molecular weight excluding hydrogens is 250 g/mol. The van der Waals surface area contributed by atoms with Crippen LogP contribution in [0.15, 0.2) is 21.2 Å². The second kappa shape index (κ2) is 4.68. The number of ketones is 1. The van der Waals surface area contributed by atoms with Crippen LogP contribution < -0.4 is 16.6 Å². The van der Waals surface area contributed by atoms with E-state index in [2.05, 4.69) is 15.3 Å². The molecule has 1 heterocycles. The summed E-state index contributed by atoms with van der Waals surface area (Å²) in [5.74, 6) is -0.496. The van der Waals surface area contributed by atoms with E-state index in [1.54, 1.807) is 6.08 Å². The van der Waals surface area contributed by atoms with Crippen LogP contribution in [0.25, 0.3) is 0 Å². The number of carbonyl (C=O) groups is 2. The summed E-state index contributed by atoms with van der Waals surface area (Å²) in [5, 5.41) is 2.57. The summed E-state index contributed by atoms with van der Waals surface area (Å²) in [6.07, 6.45) is 1.72. The Balaban J connectivity index is 2.60. The highest BCUT2D eigenvalue weighted by Crippen LogP contribution is 2.24. The van der Waals surface area contributed by atoms with Crippen molar-refractivity contribution in [3.05, 3.63) is 43.7 Å². The predicted octanol–water partition coefficient (Wildman–Crippen LogP) is -0.688. The molecule has 1 aliphatic carbocycles. The first-order valence-corrected chi connectivity index (χ1v) is 5.72. The lowest BCUT2D eigenvalue weighted by molar-refractivity contribution is -0.119. The number of carbonyl (C=O) groups excluding carboxylic acids is 2. The molecule has 1 aromatic heterocycles. The van der Waals surface area contributed by atoms with Crippen molar-refractivity contribution < 1.29 is 9.59 Å². The molecule has 0 saturated carbocycles. The van der Waals surface area contributed by atoms with Crippen LogP contribution in [0.1, 0.15) is 31.1 Å². The highest BCUT2D eigenvalue weighted by molar-refractivity contribution is 5.94. The van der Waals surface area contributed by atoms with Gasteiger partial charge in [0.25, 0.3) is 5.56 Å². The van der Waals surface area contributed by atoms with E-state index in [0.717, 1.165) is 0 Å². The van der Waals surface area contributed by atoms with Crippen LogP contribution in [0.4, 0.5) is 0 Å². The molecule has 1 amide bonds. The summed E-state index contributed by atoms with van der Waals surface area (Å²) in [6.45, 7) is 2.71. The number of fused-ring (bicyclic) bond motifs is 1. The van der Waals surface area contributed by atoms with Gasteiger partial charge in [-0.3, -0.25) is 19.4 Å². The van der Waals surface area contributed by atoms with Gasteiger partial charge in [0.1, 0.15) is 0 Å². The molecule has 1 aromatic rings. The van der Waals surface area contributed by atoms with Gasteiger partial charge in [0, 0.05) is 19.0 Å². The third-order valence-corrected chi connectivity index (χ3v) is 2.92. The van der Waals surface area contributed by atoms with Crippen LogP contribution in [-0.2, 0) is 16.0 Å². The van der Waals surface area contributed by atoms with Gasteiger partial charge in [-0.25, -0.2) is 4.79 Å². The highest BCUT2D eigenvalue weighted by atomic mass is 16.2. The Bertz CT molecular complexity index is 696. The quantitative estimate of drug-likeness (QED) is 0.655. The van der Waals surface area contributed by atoms with E-state index in [1.165, 1.54) is 13.8 Å². The van der Waals surface area contributed by atoms with Gasteiger partial charge in [-0.2, -0.15) is 0 Å². The normalized spacial score (nSPS) is 17.4. The zero-order valence-electron chi connectivity index (χ0n) is 10.5. The van der Waals surface area contributed by atoms with Crippen LogP contribution in [0, 0.1) is 0 Å². The first-order chi connectivity index (χ1) is 8.88. The third-order valence-electron chi connectivity index (χ3n) is 2.92. The maximum Gasteiger partial charge on any atom is 0.325 e. The fourth-order valence-corrected chi connectivity index (χ4v) is 2.12. The van der Waals surface area contributed by atoms with E-state index in [4.69, 9.17) is 0 Å². The van der Waals surface area contributed by atoms with Crippen LogP contribution in [-0.4, -0.2) is 21.7 Å². The summed E-state index contributed by atoms with van der Waals surface area (Å²) >= 11 is 0. The van der Waals surface area contributed by atoms with Crippen molar-refractivity contribution in [2.45, 2.75) is 26.3 Å². The molecular formula is C12H13N3O4. The van der Waals surface area contributed by atoms with E-state index < -0.39 is 17.3 Å². The Hall–Kier alpha value is -2.44. The maximum absolute atomic E-state index is 11.8. The lowest BCUT2D eigenvalue weighted by Crippen LogP contribution is -2.37. The SMILES string of the molecule is CC(=O)NC1C=C(C(C)=O)Cc2[nH]c(=O)[nH]c(=O)c21. The van der Waals surface area contributed by atoms with Gasteiger partial charge in [0.2, 0.25) is 5.91 Å². The average molecular weight is 263 g/mol. The molecule has 1 aliphatic rings. The Morgan fingerprint density at radius 2 is 1.95 bits per heavy atom. The number of aromatic nitrogens is 2. The molecule has 0 aromatic carbocycles. The van der Waals surface area contributed by atoms with Crippen molar-refractivity contribution in [1.29, 1.82) is 0 Å². The molecule has 0 radical (unpaired) electrons. The number of H-pyrrole nitrogens is 2. The second-order valence-electron chi connectivity index (χ2n) is 4.40. The molecule has 100 valence electrons. The number of amides is 1. The molecule has 0 fully saturated rings. The fraction of sp³-hybridized carbons (Fsp3) is 0.333. The van der Waals surface area contributed by atoms with E-state index in [1.807, 2.05) is 0 Å². The first-order valence-electron chi connectivity index (χ1n) is 5.72. The number of Topliss-reactive ketones (excluding diaryl/α,β-unsaturated/α-hetero) is 1. The van der Waals surface area contributed by atoms with Crippen molar-refractivity contribution >= 4 is 11.7 Å². The van der Waals surface area contributed by atoms with Crippen LogP contribution in [0.2, 0.25) is 0 Å². The van der Waals surface area contributed by atoms with Gasteiger partial charge in [-0.05, 0) is 12.5 Å². The lowest BCUT2D eigenvalue weighted by atomic mass is 9.91.